The van der Waals surface area contributed by atoms with Gasteiger partial charge in [0.1, 0.15) is 11.3 Å². The van der Waals surface area contributed by atoms with Gasteiger partial charge in [0, 0.05) is 5.25 Å². The van der Waals surface area contributed by atoms with Crippen LogP contribution in [0.5, 0.6) is 5.75 Å². The SMILES string of the molecule is COc1ccccc1NC1(C(N)=O)CCCSC1C. The zero-order valence-corrected chi connectivity index (χ0v) is 12.1. The number of amides is 1. The number of methoxy groups -OCH3 is 1. The van der Waals surface area contributed by atoms with Gasteiger partial charge in [-0.15, -0.1) is 0 Å². The summed E-state index contributed by atoms with van der Waals surface area (Å²) in [6.07, 6.45) is 1.74. The normalized spacial score (nSPS) is 26.7. The van der Waals surface area contributed by atoms with Crippen molar-refractivity contribution in [3.05, 3.63) is 24.3 Å². The minimum Gasteiger partial charge on any atom is -0.495 e. The molecule has 2 unspecified atom stereocenters. The number of primary amides is 1. The van der Waals surface area contributed by atoms with Gasteiger partial charge in [0.15, 0.2) is 0 Å². The summed E-state index contributed by atoms with van der Waals surface area (Å²) in [5.41, 5.74) is 5.80. The first-order valence-corrected chi connectivity index (χ1v) is 7.48. The van der Waals surface area contributed by atoms with E-state index in [1.54, 1.807) is 18.9 Å². The van der Waals surface area contributed by atoms with Crippen molar-refractivity contribution in [2.75, 3.05) is 18.2 Å². The molecule has 0 bridgehead atoms. The molecule has 1 heterocycles. The molecule has 0 saturated carbocycles. The van der Waals surface area contributed by atoms with Crippen LogP contribution in [0.3, 0.4) is 0 Å². The summed E-state index contributed by atoms with van der Waals surface area (Å²) in [6.45, 7) is 2.05. The van der Waals surface area contributed by atoms with Crippen LogP contribution in [-0.2, 0) is 4.79 Å². The Bertz CT molecular complexity index is 467. The molecule has 1 saturated heterocycles. The largest absolute Gasteiger partial charge is 0.495 e. The highest BCUT2D eigenvalue weighted by atomic mass is 32.2. The van der Waals surface area contributed by atoms with Gasteiger partial charge in [-0.05, 0) is 30.7 Å². The number of thioether (sulfide) groups is 1. The molecule has 0 spiro atoms. The number of ether oxygens (including phenoxy) is 1. The maximum absolute atomic E-state index is 12.0. The van der Waals surface area contributed by atoms with Crippen LogP contribution in [0.2, 0.25) is 0 Å². The molecular weight excluding hydrogens is 260 g/mol. The lowest BCUT2D eigenvalue weighted by atomic mass is 9.88. The summed E-state index contributed by atoms with van der Waals surface area (Å²) in [6, 6.07) is 7.60. The lowest BCUT2D eigenvalue weighted by molar-refractivity contribution is -0.122. The standard InChI is InChI=1S/C14H20N2O2S/c1-10-14(13(15)17,8-5-9-19-10)16-11-6-3-4-7-12(11)18-2/h3-4,6-7,10,16H,5,8-9H2,1-2H3,(H2,15,17). The predicted octanol–water partition coefficient (Wildman–Crippen LogP) is 2.25. The first-order valence-electron chi connectivity index (χ1n) is 6.43. The van der Waals surface area contributed by atoms with Gasteiger partial charge in [0.2, 0.25) is 5.91 Å². The highest BCUT2D eigenvalue weighted by Crippen LogP contribution is 2.38. The Labute approximate surface area is 118 Å². The molecule has 1 aromatic rings. The van der Waals surface area contributed by atoms with Crippen molar-refractivity contribution in [3.8, 4) is 5.75 Å². The Morgan fingerprint density at radius 1 is 1.53 bits per heavy atom. The molecular formula is C14H20N2O2S. The van der Waals surface area contributed by atoms with E-state index >= 15 is 0 Å². The van der Waals surface area contributed by atoms with Crippen LogP contribution in [0.15, 0.2) is 24.3 Å². The smallest absolute Gasteiger partial charge is 0.244 e. The van der Waals surface area contributed by atoms with Gasteiger partial charge in [-0.1, -0.05) is 19.1 Å². The molecule has 1 amide bonds. The van der Waals surface area contributed by atoms with Gasteiger partial charge >= 0.3 is 0 Å². The van der Waals surface area contributed by atoms with Crippen LogP contribution in [0, 0.1) is 0 Å². The van der Waals surface area contributed by atoms with Gasteiger partial charge in [-0.3, -0.25) is 4.79 Å². The second-order valence-corrected chi connectivity index (χ2v) is 6.23. The molecule has 5 heteroatoms. The minimum atomic E-state index is -0.697. The summed E-state index contributed by atoms with van der Waals surface area (Å²) in [4.78, 5) is 12.0. The molecule has 1 fully saturated rings. The van der Waals surface area contributed by atoms with Gasteiger partial charge in [0.05, 0.1) is 12.8 Å². The zero-order valence-electron chi connectivity index (χ0n) is 11.3. The minimum absolute atomic E-state index is 0.142. The molecule has 19 heavy (non-hydrogen) atoms. The predicted molar refractivity (Wildman–Crippen MR) is 79.7 cm³/mol. The fraction of sp³-hybridized carbons (Fsp3) is 0.500. The highest BCUT2D eigenvalue weighted by Gasteiger charge is 2.44. The second kappa shape index (κ2) is 5.74. The Hall–Kier alpha value is -1.36. The summed E-state index contributed by atoms with van der Waals surface area (Å²) in [5, 5.41) is 3.49. The number of benzene rings is 1. The van der Waals surface area contributed by atoms with Crippen LogP contribution >= 0.6 is 11.8 Å². The maximum Gasteiger partial charge on any atom is 0.244 e. The molecule has 1 aliphatic rings. The van der Waals surface area contributed by atoms with Gasteiger partial charge in [0.25, 0.3) is 0 Å². The lowest BCUT2D eigenvalue weighted by Gasteiger charge is -2.41. The number of hydrogen-bond acceptors (Lipinski definition) is 4. The average Bonchev–Trinajstić information content (AvgIpc) is 2.41. The molecule has 2 rings (SSSR count). The Balaban J connectivity index is 2.33. The summed E-state index contributed by atoms with van der Waals surface area (Å²) < 4.78 is 5.33. The molecule has 0 aromatic heterocycles. The second-order valence-electron chi connectivity index (χ2n) is 4.78. The molecule has 1 aromatic carbocycles. The van der Waals surface area contributed by atoms with Crippen molar-refractivity contribution in [2.24, 2.45) is 5.73 Å². The van der Waals surface area contributed by atoms with Crippen molar-refractivity contribution in [2.45, 2.75) is 30.6 Å². The number of nitrogens with one attached hydrogen (secondary N) is 1. The van der Waals surface area contributed by atoms with Crippen molar-refractivity contribution in [1.82, 2.24) is 0 Å². The number of rotatable bonds is 4. The zero-order chi connectivity index (χ0) is 13.9. The van der Waals surface area contributed by atoms with Crippen LogP contribution in [0.4, 0.5) is 5.69 Å². The molecule has 0 aliphatic carbocycles. The van der Waals surface area contributed by atoms with Gasteiger partial charge in [-0.2, -0.15) is 11.8 Å². The quantitative estimate of drug-likeness (QED) is 0.888. The first-order chi connectivity index (χ1) is 9.10. The van der Waals surface area contributed by atoms with Crippen LogP contribution < -0.4 is 15.8 Å². The maximum atomic E-state index is 12.0. The lowest BCUT2D eigenvalue weighted by Crippen LogP contribution is -2.58. The van der Waals surface area contributed by atoms with Crippen molar-refractivity contribution < 1.29 is 9.53 Å². The van der Waals surface area contributed by atoms with E-state index in [4.69, 9.17) is 10.5 Å². The van der Waals surface area contributed by atoms with Crippen LogP contribution in [0.1, 0.15) is 19.8 Å². The van der Waals surface area contributed by atoms with E-state index in [9.17, 15) is 4.79 Å². The van der Waals surface area contributed by atoms with E-state index in [0.29, 0.717) is 0 Å². The number of anilines is 1. The molecule has 4 nitrogen and oxygen atoms in total. The number of carbonyl (C=O) groups excluding carboxylic acids is 1. The Morgan fingerprint density at radius 2 is 2.26 bits per heavy atom. The van der Waals surface area contributed by atoms with Crippen molar-refractivity contribution in [3.63, 3.8) is 0 Å². The summed E-state index contributed by atoms with van der Waals surface area (Å²) in [5.74, 6) is 1.51. The summed E-state index contributed by atoms with van der Waals surface area (Å²) >= 11 is 1.78. The third-order valence-electron chi connectivity index (χ3n) is 3.68. The fourth-order valence-electron chi connectivity index (χ4n) is 2.49. The molecule has 1 aliphatic heterocycles. The monoisotopic (exact) mass is 280 g/mol. The summed E-state index contributed by atoms with van der Waals surface area (Å²) in [7, 11) is 1.62. The topological polar surface area (TPSA) is 64.3 Å². The van der Waals surface area contributed by atoms with E-state index in [2.05, 4.69) is 12.2 Å². The van der Waals surface area contributed by atoms with Gasteiger partial charge in [-0.25, -0.2) is 0 Å². The third kappa shape index (κ3) is 2.66. The Morgan fingerprint density at radius 3 is 2.89 bits per heavy atom. The van der Waals surface area contributed by atoms with Crippen LogP contribution in [0.25, 0.3) is 0 Å². The number of hydrogen-bond donors (Lipinski definition) is 2. The molecule has 2 atom stereocenters. The molecule has 104 valence electrons. The van der Waals surface area contributed by atoms with Gasteiger partial charge < -0.3 is 15.8 Å². The van der Waals surface area contributed by atoms with Crippen molar-refractivity contribution in [1.29, 1.82) is 0 Å². The van der Waals surface area contributed by atoms with E-state index in [1.807, 2.05) is 24.3 Å². The third-order valence-corrected chi connectivity index (χ3v) is 5.11. The van der Waals surface area contributed by atoms with Crippen LogP contribution in [-0.4, -0.2) is 29.6 Å². The van der Waals surface area contributed by atoms with E-state index in [1.165, 1.54) is 0 Å². The van der Waals surface area contributed by atoms with E-state index in [0.717, 1.165) is 30.0 Å². The number of carbonyl (C=O) groups is 1. The first kappa shape index (κ1) is 14.1. The Kier molecular flexibility index (Phi) is 4.24. The van der Waals surface area contributed by atoms with E-state index < -0.39 is 5.54 Å². The van der Waals surface area contributed by atoms with Crippen molar-refractivity contribution >= 4 is 23.4 Å². The average molecular weight is 280 g/mol. The number of para-hydroxylation sites is 2. The fourth-order valence-corrected chi connectivity index (χ4v) is 3.74. The van der Waals surface area contributed by atoms with E-state index in [-0.39, 0.29) is 11.2 Å². The molecule has 0 radical (unpaired) electrons. The highest BCUT2D eigenvalue weighted by molar-refractivity contribution is 8.00. The number of nitrogens with two attached hydrogens (primary N) is 1. The molecule has 3 N–H and O–H groups in total.